The number of aliphatic hydroxyl groups is 1. The molecule has 6 nitrogen and oxygen atoms in total. The van der Waals surface area contributed by atoms with Crippen LogP contribution >= 0.6 is 0 Å². The SMILES string of the molecule is O=C(/N=C(\CN1CCCC1)[C@H](O)c1ccc2c(c1)OCCO2)c1ccc(-c2ccccc2)cc1. The largest absolute Gasteiger partial charge is 0.486 e. The first-order valence-corrected chi connectivity index (χ1v) is 11.7. The second-order valence-electron chi connectivity index (χ2n) is 8.64. The molecular weight excluding hydrogens is 428 g/mol. The van der Waals surface area contributed by atoms with E-state index in [2.05, 4.69) is 9.89 Å². The molecule has 3 aromatic carbocycles. The lowest BCUT2D eigenvalue weighted by molar-refractivity contribution is 0.0999. The zero-order chi connectivity index (χ0) is 23.3. The molecule has 0 aromatic heterocycles. The molecule has 3 aromatic rings. The molecule has 1 saturated heterocycles. The number of rotatable bonds is 6. The molecule has 0 aliphatic carbocycles. The maximum Gasteiger partial charge on any atom is 0.277 e. The van der Waals surface area contributed by atoms with Crippen LogP contribution < -0.4 is 9.47 Å². The summed E-state index contributed by atoms with van der Waals surface area (Å²) >= 11 is 0. The smallest absolute Gasteiger partial charge is 0.277 e. The van der Waals surface area contributed by atoms with Crippen LogP contribution in [0.25, 0.3) is 11.1 Å². The number of aliphatic hydroxyl groups excluding tert-OH is 1. The molecule has 1 amide bonds. The first-order chi connectivity index (χ1) is 16.7. The van der Waals surface area contributed by atoms with Crippen molar-refractivity contribution in [1.82, 2.24) is 4.90 Å². The quantitative estimate of drug-likeness (QED) is 0.552. The Morgan fingerprint density at radius 2 is 1.56 bits per heavy atom. The van der Waals surface area contributed by atoms with E-state index >= 15 is 0 Å². The fourth-order valence-electron chi connectivity index (χ4n) is 4.41. The normalized spacial score (nSPS) is 16.9. The number of fused-ring (bicyclic) bond motifs is 1. The molecule has 0 saturated carbocycles. The summed E-state index contributed by atoms with van der Waals surface area (Å²) in [6.07, 6.45) is 1.22. The maximum atomic E-state index is 13.1. The van der Waals surface area contributed by atoms with Crippen molar-refractivity contribution < 1.29 is 19.4 Å². The summed E-state index contributed by atoms with van der Waals surface area (Å²) in [7, 11) is 0. The molecule has 2 heterocycles. The third-order valence-corrected chi connectivity index (χ3v) is 6.27. The van der Waals surface area contributed by atoms with Gasteiger partial charge in [-0.25, -0.2) is 4.99 Å². The summed E-state index contributed by atoms with van der Waals surface area (Å²) in [5.41, 5.74) is 3.70. The lowest BCUT2D eigenvalue weighted by Crippen LogP contribution is -2.31. The van der Waals surface area contributed by atoms with Gasteiger partial charge in [0.05, 0.1) is 5.71 Å². The van der Waals surface area contributed by atoms with Gasteiger partial charge in [-0.15, -0.1) is 0 Å². The van der Waals surface area contributed by atoms with Crippen LogP contribution in [-0.4, -0.2) is 54.5 Å². The third-order valence-electron chi connectivity index (χ3n) is 6.27. The van der Waals surface area contributed by atoms with Gasteiger partial charge < -0.3 is 14.6 Å². The molecule has 0 bridgehead atoms. The van der Waals surface area contributed by atoms with Crippen molar-refractivity contribution in [2.45, 2.75) is 18.9 Å². The number of aliphatic imine (C=N–C) groups is 1. The highest BCUT2D eigenvalue weighted by Crippen LogP contribution is 2.33. The second-order valence-corrected chi connectivity index (χ2v) is 8.64. The Balaban J connectivity index is 1.40. The molecule has 1 fully saturated rings. The highest BCUT2D eigenvalue weighted by Gasteiger charge is 2.24. The van der Waals surface area contributed by atoms with Crippen molar-refractivity contribution >= 4 is 11.6 Å². The Morgan fingerprint density at radius 3 is 2.29 bits per heavy atom. The molecule has 2 aliphatic heterocycles. The molecule has 0 unspecified atom stereocenters. The zero-order valence-corrected chi connectivity index (χ0v) is 19.0. The summed E-state index contributed by atoms with van der Waals surface area (Å²) in [4.78, 5) is 19.7. The minimum Gasteiger partial charge on any atom is -0.486 e. The van der Waals surface area contributed by atoms with Crippen LogP contribution in [0.3, 0.4) is 0 Å². The minimum absolute atomic E-state index is 0.356. The highest BCUT2D eigenvalue weighted by atomic mass is 16.6. The standard InChI is InChI=1S/C28H28N2O4/c31-27(23-12-13-25-26(18-23)34-17-16-33-25)24(19-30-14-4-5-15-30)29-28(32)22-10-8-21(9-11-22)20-6-2-1-3-7-20/h1-3,6-13,18,27,31H,4-5,14-17,19H2/b29-24+/t27-/m1/s1. The van der Waals surface area contributed by atoms with E-state index < -0.39 is 6.10 Å². The number of benzene rings is 3. The molecule has 6 heteroatoms. The number of likely N-dealkylation sites (tertiary alicyclic amines) is 1. The molecular formula is C28H28N2O4. The molecule has 5 rings (SSSR count). The van der Waals surface area contributed by atoms with Crippen molar-refractivity contribution in [2.75, 3.05) is 32.8 Å². The number of amides is 1. The van der Waals surface area contributed by atoms with Gasteiger partial charge in [0.25, 0.3) is 5.91 Å². The number of carbonyl (C=O) groups is 1. The topological polar surface area (TPSA) is 71.4 Å². The van der Waals surface area contributed by atoms with Crippen LogP contribution in [0.1, 0.15) is 34.9 Å². The van der Waals surface area contributed by atoms with Gasteiger partial charge in [-0.05, 0) is 66.9 Å². The van der Waals surface area contributed by atoms with Crippen LogP contribution in [0.2, 0.25) is 0 Å². The van der Waals surface area contributed by atoms with Gasteiger partial charge in [0.1, 0.15) is 19.3 Å². The third kappa shape index (κ3) is 5.03. The van der Waals surface area contributed by atoms with Crippen molar-refractivity contribution in [3.63, 3.8) is 0 Å². The summed E-state index contributed by atoms with van der Waals surface area (Å²) in [6.45, 7) is 3.30. The molecule has 174 valence electrons. The number of carbonyl (C=O) groups excluding carboxylic acids is 1. The summed E-state index contributed by atoms with van der Waals surface area (Å²) < 4.78 is 11.3. The van der Waals surface area contributed by atoms with Crippen LogP contribution in [0, 0.1) is 0 Å². The van der Waals surface area contributed by atoms with Crippen molar-refractivity contribution in [1.29, 1.82) is 0 Å². The fraction of sp³-hybridized carbons (Fsp3) is 0.286. The van der Waals surface area contributed by atoms with E-state index in [0.29, 0.717) is 48.1 Å². The van der Waals surface area contributed by atoms with Crippen LogP contribution in [0.15, 0.2) is 77.8 Å². The van der Waals surface area contributed by atoms with Gasteiger partial charge in [-0.3, -0.25) is 9.69 Å². The Kier molecular flexibility index (Phi) is 6.70. The lowest BCUT2D eigenvalue weighted by Gasteiger charge is -2.23. The summed E-state index contributed by atoms with van der Waals surface area (Å²) in [5, 5.41) is 11.2. The van der Waals surface area contributed by atoms with Crippen molar-refractivity contribution in [2.24, 2.45) is 4.99 Å². The van der Waals surface area contributed by atoms with E-state index in [0.717, 1.165) is 37.1 Å². The average Bonchev–Trinajstić information content (AvgIpc) is 3.41. The van der Waals surface area contributed by atoms with Gasteiger partial charge >= 0.3 is 0 Å². The molecule has 1 atom stereocenters. The van der Waals surface area contributed by atoms with E-state index in [1.165, 1.54) is 0 Å². The minimum atomic E-state index is -1.01. The highest BCUT2D eigenvalue weighted by molar-refractivity contribution is 6.06. The molecule has 1 N–H and O–H groups in total. The van der Waals surface area contributed by atoms with E-state index in [4.69, 9.17) is 9.47 Å². The van der Waals surface area contributed by atoms with E-state index in [-0.39, 0.29) is 5.91 Å². The predicted octanol–water partition coefficient (Wildman–Crippen LogP) is 4.54. The first-order valence-electron chi connectivity index (χ1n) is 11.7. The summed E-state index contributed by atoms with van der Waals surface area (Å²) in [5.74, 6) is 0.909. The van der Waals surface area contributed by atoms with Gasteiger partial charge in [-0.1, -0.05) is 48.5 Å². The Labute approximate surface area is 199 Å². The van der Waals surface area contributed by atoms with E-state index in [1.54, 1.807) is 30.3 Å². The summed E-state index contributed by atoms with van der Waals surface area (Å²) in [6, 6.07) is 22.8. The zero-order valence-electron chi connectivity index (χ0n) is 19.0. The monoisotopic (exact) mass is 456 g/mol. The van der Waals surface area contributed by atoms with Crippen molar-refractivity contribution in [3.8, 4) is 22.6 Å². The molecule has 2 aliphatic rings. The number of hydrogen-bond acceptors (Lipinski definition) is 5. The van der Waals surface area contributed by atoms with Gasteiger partial charge in [0, 0.05) is 12.1 Å². The maximum absolute atomic E-state index is 13.1. The van der Waals surface area contributed by atoms with Crippen LogP contribution in [-0.2, 0) is 0 Å². The number of hydrogen-bond donors (Lipinski definition) is 1. The lowest BCUT2D eigenvalue weighted by atomic mass is 10.0. The number of ether oxygens (including phenoxy) is 2. The van der Waals surface area contributed by atoms with Crippen LogP contribution in [0.5, 0.6) is 11.5 Å². The van der Waals surface area contributed by atoms with Crippen LogP contribution in [0.4, 0.5) is 0 Å². The van der Waals surface area contributed by atoms with E-state index in [1.807, 2.05) is 42.5 Å². The Morgan fingerprint density at radius 1 is 0.882 bits per heavy atom. The Hall–Kier alpha value is -3.48. The predicted molar refractivity (Wildman–Crippen MR) is 132 cm³/mol. The van der Waals surface area contributed by atoms with E-state index in [9.17, 15) is 9.90 Å². The number of nitrogens with zero attached hydrogens (tertiary/aromatic N) is 2. The first kappa shape index (κ1) is 22.3. The van der Waals surface area contributed by atoms with Gasteiger partial charge in [0.2, 0.25) is 0 Å². The Bertz CT molecular complexity index is 1170. The van der Waals surface area contributed by atoms with Crippen molar-refractivity contribution in [3.05, 3.63) is 83.9 Å². The van der Waals surface area contributed by atoms with Gasteiger partial charge in [-0.2, -0.15) is 0 Å². The van der Waals surface area contributed by atoms with Gasteiger partial charge in [0.15, 0.2) is 11.5 Å². The average molecular weight is 457 g/mol. The molecule has 0 radical (unpaired) electrons. The molecule has 0 spiro atoms. The molecule has 34 heavy (non-hydrogen) atoms. The second kappa shape index (κ2) is 10.2. The fourth-order valence-corrected chi connectivity index (χ4v) is 4.41.